The molecule has 4 aliphatic rings. The molecular weight excluding hydrogens is 676 g/mol. The molecule has 1 aromatic carbocycles. The zero-order valence-corrected chi connectivity index (χ0v) is 30.4. The number of carbonyl (C=O) groups is 5. The summed E-state index contributed by atoms with van der Waals surface area (Å²) in [7, 11) is -2.11. The van der Waals surface area contributed by atoms with Crippen molar-refractivity contribution in [2.24, 2.45) is 13.0 Å². The first-order valence-electron chi connectivity index (χ1n) is 17.8. The van der Waals surface area contributed by atoms with Crippen LogP contribution in [0.5, 0.6) is 0 Å². The number of hydrogen-bond acceptors (Lipinski definition) is 8. The van der Waals surface area contributed by atoms with E-state index in [-0.39, 0.29) is 25.3 Å². The van der Waals surface area contributed by atoms with Crippen LogP contribution in [0.3, 0.4) is 0 Å². The minimum Gasteiger partial charge on any atom is -0.444 e. The maximum atomic E-state index is 14.3. The number of alkyl carbamates (subject to hydrolysis) is 1. The number of amides is 5. The van der Waals surface area contributed by atoms with Crippen molar-refractivity contribution in [2.45, 2.75) is 113 Å². The minimum absolute atomic E-state index is 0.0301. The highest BCUT2D eigenvalue weighted by atomic mass is 32.2. The van der Waals surface area contributed by atoms with Gasteiger partial charge in [0, 0.05) is 36.5 Å². The third-order valence-corrected chi connectivity index (χ3v) is 11.9. The number of benzene rings is 1. The summed E-state index contributed by atoms with van der Waals surface area (Å²) in [5.74, 6) is -2.79. The summed E-state index contributed by atoms with van der Waals surface area (Å²) in [5.41, 5.74) is -1.05. The normalized spacial score (nSPS) is 28.0. The number of sulfonamides is 1. The monoisotopic (exact) mass is 724 g/mol. The molecule has 0 radical (unpaired) electrons. The topological polar surface area (TPSA) is 185 Å². The van der Waals surface area contributed by atoms with E-state index in [0.29, 0.717) is 37.8 Å². The quantitative estimate of drug-likeness (QED) is 0.328. The van der Waals surface area contributed by atoms with Crippen molar-refractivity contribution < 1.29 is 37.1 Å². The molecule has 6 rings (SSSR count). The smallest absolute Gasteiger partial charge is 0.408 e. The molecule has 2 aromatic rings. The van der Waals surface area contributed by atoms with E-state index in [1.54, 1.807) is 38.5 Å². The largest absolute Gasteiger partial charge is 0.444 e. The lowest BCUT2D eigenvalue weighted by molar-refractivity contribution is -0.141. The van der Waals surface area contributed by atoms with Gasteiger partial charge in [0.05, 0.1) is 5.25 Å². The highest BCUT2D eigenvalue weighted by molar-refractivity contribution is 7.91. The molecule has 1 saturated heterocycles. The number of fused-ring (bicyclic) bond motifs is 3. The Morgan fingerprint density at radius 3 is 2.47 bits per heavy atom. The Kier molecular flexibility index (Phi) is 9.96. The van der Waals surface area contributed by atoms with Gasteiger partial charge in [-0.25, -0.2) is 13.2 Å². The lowest BCUT2D eigenvalue weighted by Crippen LogP contribution is -2.58. The van der Waals surface area contributed by atoms with Crippen LogP contribution in [0.2, 0.25) is 0 Å². The summed E-state index contributed by atoms with van der Waals surface area (Å²) in [5, 5.41) is 8.80. The fourth-order valence-corrected chi connectivity index (χ4v) is 8.48. The lowest BCUT2D eigenvalue weighted by atomic mass is 10.0. The van der Waals surface area contributed by atoms with Crippen LogP contribution in [0.25, 0.3) is 10.9 Å². The summed E-state index contributed by atoms with van der Waals surface area (Å²) in [6, 6.07) is 6.56. The number of aryl methyl sites for hydroxylation is 1. The van der Waals surface area contributed by atoms with Gasteiger partial charge < -0.3 is 30.2 Å². The number of carbonyl (C=O) groups excluding carboxylic acids is 5. The van der Waals surface area contributed by atoms with Gasteiger partial charge in [0.1, 0.15) is 28.9 Å². The Labute approximate surface area is 298 Å². The van der Waals surface area contributed by atoms with E-state index in [4.69, 9.17) is 4.74 Å². The summed E-state index contributed by atoms with van der Waals surface area (Å²) >= 11 is 0. The molecule has 0 bridgehead atoms. The van der Waals surface area contributed by atoms with E-state index in [1.165, 1.54) is 4.90 Å². The van der Waals surface area contributed by atoms with Crippen molar-refractivity contribution in [3.8, 4) is 0 Å². The Bertz CT molecular complexity index is 1860. The third kappa shape index (κ3) is 8.08. The molecule has 0 unspecified atom stereocenters. The first-order chi connectivity index (χ1) is 24.1. The van der Waals surface area contributed by atoms with E-state index >= 15 is 0 Å². The van der Waals surface area contributed by atoms with Crippen molar-refractivity contribution in [3.63, 3.8) is 0 Å². The van der Waals surface area contributed by atoms with Gasteiger partial charge in [-0.1, -0.05) is 43.2 Å². The molecular formula is C36H48N6O8S. The highest BCUT2D eigenvalue weighted by Gasteiger charge is 2.62. The highest BCUT2D eigenvalue weighted by Crippen LogP contribution is 2.46. The average Bonchev–Trinajstić information content (AvgIpc) is 3.96. The van der Waals surface area contributed by atoms with Gasteiger partial charge in [-0.15, -0.1) is 0 Å². The number of nitrogens with zero attached hydrogens (tertiary/aromatic N) is 2. The fourth-order valence-electron chi connectivity index (χ4n) is 7.12. The molecule has 0 spiro atoms. The molecule has 3 heterocycles. The minimum atomic E-state index is -3.89. The molecule has 5 atom stereocenters. The van der Waals surface area contributed by atoms with Crippen molar-refractivity contribution >= 4 is 50.6 Å². The lowest BCUT2D eigenvalue weighted by Gasteiger charge is -2.30. The van der Waals surface area contributed by atoms with Crippen LogP contribution in [0.1, 0.15) is 89.0 Å². The van der Waals surface area contributed by atoms with Gasteiger partial charge in [-0.3, -0.25) is 23.9 Å². The number of hydrogen-bond donors (Lipinski definition) is 4. The van der Waals surface area contributed by atoms with Crippen molar-refractivity contribution in [2.75, 3.05) is 6.54 Å². The van der Waals surface area contributed by atoms with Gasteiger partial charge in [-0.2, -0.15) is 0 Å². The summed E-state index contributed by atoms with van der Waals surface area (Å²) in [6.07, 6.45) is 7.32. The number of nitrogens with one attached hydrogen (secondary N) is 4. The number of rotatable bonds is 6. The number of allylic oxidation sites excluding steroid dienone is 1. The molecule has 2 aliphatic heterocycles. The molecule has 4 N–H and O–H groups in total. The van der Waals surface area contributed by atoms with Crippen molar-refractivity contribution in [3.05, 3.63) is 48.2 Å². The average molecular weight is 725 g/mol. The zero-order valence-electron chi connectivity index (χ0n) is 29.6. The van der Waals surface area contributed by atoms with E-state index < -0.39 is 74.3 Å². The van der Waals surface area contributed by atoms with E-state index in [0.717, 1.165) is 23.7 Å². The molecule has 2 saturated carbocycles. The molecule has 1 aromatic heterocycles. The van der Waals surface area contributed by atoms with Gasteiger partial charge >= 0.3 is 6.09 Å². The van der Waals surface area contributed by atoms with E-state index in [1.807, 2.05) is 36.4 Å². The number of ether oxygens (including phenoxy) is 1. The second-order valence-corrected chi connectivity index (χ2v) is 17.2. The predicted octanol–water partition coefficient (Wildman–Crippen LogP) is 2.77. The van der Waals surface area contributed by atoms with Crippen LogP contribution in [0.4, 0.5) is 4.79 Å². The molecule has 51 heavy (non-hydrogen) atoms. The van der Waals surface area contributed by atoms with E-state index in [9.17, 15) is 32.4 Å². The van der Waals surface area contributed by atoms with Crippen LogP contribution in [0.15, 0.2) is 42.5 Å². The molecule has 2 aliphatic carbocycles. The van der Waals surface area contributed by atoms with Gasteiger partial charge in [0.15, 0.2) is 0 Å². The molecule has 3 fully saturated rings. The Morgan fingerprint density at radius 2 is 1.76 bits per heavy atom. The van der Waals surface area contributed by atoms with Crippen LogP contribution in [-0.4, -0.2) is 88.7 Å². The van der Waals surface area contributed by atoms with Crippen LogP contribution < -0.4 is 20.7 Å². The van der Waals surface area contributed by atoms with Gasteiger partial charge in [0.2, 0.25) is 21.8 Å². The standard InChI is InChI=1S/C36H48N6O8S/c1-35(2,3)50-34(47)38-26-14-9-7-5-6-8-13-23-20-36(23,33(46)40-51(48,49)25-16-17-25)39-31(44)29-19-24(21-42(29)32(26)45)37-30(43)28-18-22-12-10-11-15-27(22)41(28)4/h8,10-13,15,18,23-26,29H,5-7,9,14,16-17,19-21H2,1-4H3,(H,37,43)(H,38,47)(H,39,44)(H,40,46)/b13-8-/t23-,24+,26-,29-,36+/m0/s1. The SMILES string of the molecule is Cn1c(C(=O)N[C@@H]2C[C@H]3C(=O)N[C@]4(C(=O)NS(=O)(=O)C5CC5)C[C@@H]4/C=C\CCCCC[C@H](NC(=O)OC(C)(C)C)C(=O)N3C2)cc2ccccc21. The second-order valence-electron chi connectivity index (χ2n) is 15.3. The van der Waals surface area contributed by atoms with Crippen molar-refractivity contribution in [1.29, 1.82) is 0 Å². The second kappa shape index (κ2) is 14.0. The molecule has 5 amide bonds. The maximum Gasteiger partial charge on any atom is 0.408 e. The molecule has 276 valence electrons. The summed E-state index contributed by atoms with van der Waals surface area (Å²) in [4.78, 5) is 70.1. The Morgan fingerprint density at radius 1 is 1.02 bits per heavy atom. The first kappa shape index (κ1) is 36.4. The predicted molar refractivity (Wildman–Crippen MR) is 189 cm³/mol. The van der Waals surface area contributed by atoms with Gasteiger partial charge in [0.25, 0.3) is 11.8 Å². The molecule has 15 heteroatoms. The van der Waals surface area contributed by atoms with Crippen LogP contribution in [0, 0.1) is 5.92 Å². The number of para-hydroxylation sites is 1. The number of aromatic nitrogens is 1. The maximum absolute atomic E-state index is 14.3. The van der Waals surface area contributed by atoms with Crippen molar-refractivity contribution in [1.82, 2.24) is 30.1 Å². The molecule has 14 nitrogen and oxygen atoms in total. The third-order valence-electron chi connectivity index (χ3n) is 10.1. The van der Waals surface area contributed by atoms with Gasteiger partial charge in [-0.05, 0) is 77.8 Å². The zero-order chi connectivity index (χ0) is 36.7. The Balaban J connectivity index is 1.28. The first-order valence-corrected chi connectivity index (χ1v) is 19.3. The van der Waals surface area contributed by atoms with E-state index in [2.05, 4.69) is 20.7 Å². The van der Waals surface area contributed by atoms with Crippen LogP contribution in [-0.2, 0) is 36.2 Å². The summed E-state index contributed by atoms with van der Waals surface area (Å²) in [6.45, 7) is 5.12. The fraction of sp³-hybridized carbons (Fsp3) is 0.583. The summed E-state index contributed by atoms with van der Waals surface area (Å²) < 4.78 is 35.0. The van der Waals surface area contributed by atoms with Crippen LogP contribution >= 0.6 is 0 Å². The Hall–Kier alpha value is -4.40.